The van der Waals surface area contributed by atoms with Crippen molar-refractivity contribution >= 4 is 11.7 Å². The minimum Gasteiger partial charge on any atom is -0.385 e. The second-order valence-corrected chi connectivity index (χ2v) is 5.76. The number of hydrogen-bond acceptors (Lipinski definition) is 5. The number of aromatic nitrogens is 2. The monoisotopic (exact) mass is 342 g/mol. The highest BCUT2D eigenvalue weighted by Crippen LogP contribution is 2.16. The lowest BCUT2D eigenvalue weighted by molar-refractivity contribution is 0.0943. The molecule has 0 unspecified atom stereocenters. The van der Waals surface area contributed by atoms with Gasteiger partial charge in [-0.25, -0.2) is 9.97 Å². The number of nitrogens with one attached hydrogen (secondary N) is 1. The summed E-state index contributed by atoms with van der Waals surface area (Å²) in [5, 5.41) is 2.87. The zero-order chi connectivity index (χ0) is 18.1. The van der Waals surface area contributed by atoms with E-state index in [4.69, 9.17) is 4.74 Å². The van der Waals surface area contributed by atoms with E-state index in [1.807, 2.05) is 25.1 Å². The first kappa shape index (κ1) is 18.9. The van der Waals surface area contributed by atoms with Crippen molar-refractivity contribution in [3.05, 3.63) is 53.5 Å². The second kappa shape index (κ2) is 9.74. The van der Waals surface area contributed by atoms with Crippen LogP contribution >= 0.6 is 0 Å². The van der Waals surface area contributed by atoms with Crippen LogP contribution in [0.15, 0.2) is 36.4 Å². The fourth-order valence-electron chi connectivity index (χ4n) is 2.50. The Hall–Kier alpha value is -2.47. The lowest BCUT2D eigenvalue weighted by Crippen LogP contribution is -2.28. The number of ether oxygens (including phenoxy) is 1. The summed E-state index contributed by atoms with van der Waals surface area (Å²) >= 11 is 0. The maximum Gasteiger partial charge on any atom is 0.270 e. The molecule has 0 atom stereocenters. The Balaban J connectivity index is 2.11. The highest BCUT2D eigenvalue weighted by molar-refractivity contribution is 5.92. The highest BCUT2D eigenvalue weighted by atomic mass is 16.5. The summed E-state index contributed by atoms with van der Waals surface area (Å²) in [7, 11) is 1.65. The Bertz CT molecular complexity index is 676. The zero-order valence-corrected chi connectivity index (χ0v) is 15.2. The van der Waals surface area contributed by atoms with Crippen molar-refractivity contribution in [2.75, 3.05) is 31.7 Å². The molecule has 0 aliphatic heterocycles. The van der Waals surface area contributed by atoms with Crippen LogP contribution in [0.25, 0.3) is 0 Å². The van der Waals surface area contributed by atoms with Gasteiger partial charge in [0.25, 0.3) is 5.91 Å². The van der Waals surface area contributed by atoms with E-state index in [2.05, 4.69) is 39.2 Å². The average molecular weight is 342 g/mol. The summed E-state index contributed by atoms with van der Waals surface area (Å²) in [6, 6.07) is 12.0. The molecule has 0 spiro atoms. The van der Waals surface area contributed by atoms with Gasteiger partial charge in [-0.2, -0.15) is 0 Å². The minimum absolute atomic E-state index is 0.182. The highest BCUT2D eigenvalue weighted by Gasteiger charge is 2.14. The van der Waals surface area contributed by atoms with E-state index < -0.39 is 0 Å². The first-order valence-corrected chi connectivity index (χ1v) is 8.55. The van der Waals surface area contributed by atoms with Gasteiger partial charge in [-0.05, 0) is 25.8 Å². The third-order valence-corrected chi connectivity index (χ3v) is 3.79. The van der Waals surface area contributed by atoms with Crippen molar-refractivity contribution < 1.29 is 9.53 Å². The van der Waals surface area contributed by atoms with E-state index in [1.54, 1.807) is 13.2 Å². The van der Waals surface area contributed by atoms with Crippen LogP contribution in [0.4, 0.5) is 5.82 Å². The van der Waals surface area contributed by atoms with Crippen LogP contribution in [0.3, 0.4) is 0 Å². The molecule has 0 aliphatic carbocycles. The summed E-state index contributed by atoms with van der Waals surface area (Å²) in [6.07, 6.45) is 0.772. The number of aryl methyl sites for hydroxylation is 1. The normalized spacial score (nSPS) is 10.5. The van der Waals surface area contributed by atoms with E-state index in [1.165, 1.54) is 5.56 Å². The van der Waals surface area contributed by atoms with E-state index in [9.17, 15) is 4.79 Å². The summed E-state index contributed by atoms with van der Waals surface area (Å²) in [5.41, 5.74) is 1.60. The number of anilines is 1. The molecule has 0 saturated heterocycles. The van der Waals surface area contributed by atoms with E-state index >= 15 is 0 Å². The third kappa shape index (κ3) is 5.83. The predicted octanol–water partition coefficient (Wildman–Crippen LogP) is 2.58. The molecule has 1 heterocycles. The van der Waals surface area contributed by atoms with Crippen LogP contribution in [-0.4, -0.2) is 42.7 Å². The van der Waals surface area contributed by atoms with Gasteiger partial charge in [0, 0.05) is 39.4 Å². The number of methoxy groups -OCH3 is 1. The molecule has 6 nitrogen and oxygen atoms in total. The van der Waals surface area contributed by atoms with Crippen LogP contribution in [0.2, 0.25) is 0 Å². The van der Waals surface area contributed by atoms with Gasteiger partial charge in [0.05, 0.1) is 0 Å². The number of hydrogen-bond donors (Lipinski definition) is 1. The maximum absolute atomic E-state index is 12.3. The SMILES string of the molecule is CCN(Cc1ccccc1)c1cc(C(=O)NCCCOC)nc(C)n1. The minimum atomic E-state index is -0.182. The number of rotatable bonds is 9. The first-order chi connectivity index (χ1) is 12.1. The molecule has 1 N–H and O–H groups in total. The van der Waals surface area contributed by atoms with Crippen LogP contribution in [0.5, 0.6) is 0 Å². The average Bonchev–Trinajstić information content (AvgIpc) is 2.63. The molecule has 0 bridgehead atoms. The van der Waals surface area contributed by atoms with Gasteiger partial charge in [0.15, 0.2) is 0 Å². The van der Waals surface area contributed by atoms with Gasteiger partial charge < -0.3 is 15.0 Å². The summed E-state index contributed by atoms with van der Waals surface area (Å²) in [5.74, 6) is 1.17. The Morgan fingerprint density at radius 3 is 2.68 bits per heavy atom. The van der Waals surface area contributed by atoms with E-state index in [-0.39, 0.29) is 5.91 Å². The second-order valence-electron chi connectivity index (χ2n) is 5.76. The molecule has 6 heteroatoms. The van der Waals surface area contributed by atoms with Crippen molar-refractivity contribution in [1.29, 1.82) is 0 Å². The molecule has 2 aromatic rings. The standard InChI is InChI=1S/C19H26N4O2/c1-4-23(14-16-9-6-5-7-10-16)18-13-17(21-15(2)22-18)19(24)20-11-8-12-25-3/h5-7,9-10,13H,4,8,11-12,14H2,1-3H3,(H,20,24). The van der Waals surface area contributed by atoms with Crippen molar-refractivity contribution in [3.63, 3.8) is 0 Å². The van der Waals surface area contributed by atoms with Gasteiger partial charge in [-0.3, -0.25) is 4.79 Å². The largest absolute Gasteiger partial charge is 0.385 e. The van der Waals surface area contributed by atoms with Crippen molar-refractivity contribution in [1.82, 2.24) is 15.3 Å². The zero-order valence-electron chi connectivity index (χ0n) is 15.2. The van der Waals surface area contributed by atoms with Crippen molar-refractivity contribution in [3.8, 4) is 0 Å². The molecule has 1 aromatic carbocycles. The van der Waals surface area contributed by atoms with Crippen molar-refractivity contribution in [2.24, 2.45) is 0 Å². The van der Waals surface area contributed by atoms with Crippen molar-refractivity contribution in [2.45, 2.75) is 26.8 Å². The van der Waals surface area contributed by atoms with Gasteiger partial charge in [0.1, 0.15) is 17.3 Å². The van der Waals surface area contributed by atoms with E-state index in [0.717, 1.165) is 25.3 Å². The molecule has 134 valence electrons. The van der Waals surface area contributed by atoms with Crippen LogP contribution in [-0.2, 0) is 11.3 Å². The van der Waals surface area contributed by atoms with Gasteiger partial charge >= 0.3 is 0 Å². The van der Waals surface area contributed by atoms with Crippen LogP contribution < -0.4 is 10.2 Å². The van der Waals surface area contributed by atoms with Crippen LogP contribution in [0.1, 0.15) is 35.2 Å². The molecule has 2 rings (SSSR count). The Labute approximate surface area is 149 Å². The molecule has 0 radical (unpaired) electrons. The fourth-order valence-corrected chi connectivity index (χ4v) is 2.50. The molecule has 0 aliphatic rings. The lowest BCUT2D eigenvalue weighted by Gasteiger charge is -2.22. The summed E-state index contributed by atoms with van der Waals surface area (Å²) < 4.78 is 4.99. The molecular formula is C19H26N4O2. The first-order valence-electron chi connectivity index (χ1n) is 8.55. The molecule has 0 saturated carbocycles. The molecule has 1 aromatic heterocycles. The smallest absolute Gasteiger partial charge is 0.270 e. The molecule has 25 heavy (non-hydrogen) atoms. The lowest BCUT2D eigenvalue weighted by atomic mass is 10.2. The summed E-state index contributed by atoms with van der Waals surface area (Å²) in [4.78, 5) is 23.2. The quantitative estimate of drug-likeness (QED) is 0.710. The molecule has 1 amide bonds. The number of carbonyl (C=O) groups excluding carboxylic acids is 1. The number of benzene rings is 1. The van der Waals surface area contributed by atoms with Gasteiger partial charge in [0.2, 0.25) is 0 Å². The number of carbonyl (C=O) groups is 1. The maximum atomic E-state index is 12.3. The topological polar surface area (TPSA) is 67.4 Å². The Morgan fingerprint density at radius 2 is 2.00 bits per heavy atom. The number of amides is 1. The molecule has 0 fully saturated rings. The fraction of sp³-hybridized carbons (Fsp3) is 0.421. The van der Waals surface area contributed by atoms with Crippen LogP contribution in [0, 0.1) is 6.92 Å². The van der Waals surface area contributed by atoms with E-state index in [0.29, 0.717) is 24.7 Å². The third-order valence-electron chi connectivity index (χ3n) is 3.79. The van der Waals surface area contributed by atoms with Gasteiger partial charge in [-0.1, -0.05) is 30.3 Å². The summed E-state index contributed by atoms with van der Waals surface area (Å²) in [6.45, 7) is 6.59. The van der Waals surface area contributed by atoms with Gasteiger partial charge in [-0.15, -0.1) is 0 Å². The number of nitrogens with zero attached hydrogens (tertiary/aromatic N) is 3. The Morgan fingerprint density at radius 1 is 1.24 bits per heavy atom. The predicted molar refractivity (Wildman–Crippen MR) is 98.8 cm³/mol. The molecular weight excluding hydrogens is 316 g/mol. The Kier molecular flexibility index (Phi) is 7.35.